The lowest BCUT2D eigenvalue weighted by atomic mass is 9.99. The van der Waals surface area contributed by atoms with Gasteiger partial charge in [0.25, 0.3) is 0 Å². The highest BCUT2D eigenvalue weighted by atomic mass is 32.2. The molecular formula is C17H19NO2S. The van der Waals surface area contributed by atoms with E-state index in [0.717, 1.165) is 12.0 Å². The molecule has 1 atom stereocenters. The zero-order valence-corrected chi connectivity index (χ0v) is 12.9. The molecule has 0 N–H and O–H groups in total. The monoisotopic (exact) mass is 301 g/mol. The highest BCUT2D eigenvalue weighted by molar-refractivity contribution is 7.89. The molecule has 110 valence electrons. The molecule has 2 aromatic carbocycles. The Balaban J connectivity index is 1.85. The molecular weight excluding hydrogens is 282 g/mol. The van der Waals surface area contributed by atoms with Crippen molar-refractivity contribution in [1.29, 1.82) is 0 Å². The first-order valence-electron chi connectivity index (χ1n) is 7.20. The fourth-order valence-electron chi connectivity index (χ4n) is 2.93. The van der Waals surface area contributed by atoms with Gasteiger partial charge < -0.3 is 0 Å². The van der Waals surface area contributed by atoms with Gasteiger partial charge in [0.15, 0.2) is 0 Å². The van der Waals surface area contributed by atoms with Crippen LogP contribution in [0.4, 0.5) is 0 Å². The molecule has 2 aromatic rings. The van der Waals surface area contributed by atoms with Gasteiger partial charge in [-0.05, 0) is 36.5 Å². The average molecular weight is 301 g/mol. The molecule has 1 unspecified atom stereocenters. The van der Waals surface area contributed by atoms with Crippen molar-refractivity contribution in [2.24, 2.45) is 0 Å². The standard InChI is InChI=1S/C17H19NO2S/c1-14-7-5-6-10-17(14)21(19,20)18-12-11-16(13-18)15-8-3-2-4-9-15/h2-10,16H,11-13H2,1H3. The highest BCUT2D eigenvalue weighted by Gasteiger charge is 2.33. The number of rotatable bonds is 3. The lowest BCUT2D eigenvalue weighted by Crippen LogP contribution is -2.29. The van der Waals surface area contributed by atoms with E-state index < -0.39 is 10.0 Å². The lowest BCUT2D eigenvalue weighted by Gasteiger charge is -2.18. The molecule has 3 nitrogen and oxygen atoms in total. The molecule has 0 saturated carbocycles. The van der Waals surface area contributed by atoms with E-state index in [9.17, 15) is 8.42 Å². The molecule has 1 saturated heterocycles. The zero-order chi connectivity index (χ0) is 14.9. The van der Waals surface area contributed by atoms with E-state index in [1.165, 1.54) is 5.56 Å². The third-order valence-electron chi connectivity index (χ3n) is 4.13. The maximum atomic E-state index is 12.8. The van der Waals surface area contributed by atoms with Gasteiger partial charge in [-0.15, -0.1) is 0 Å². The van der Waals surface area contributed by atoms with Crippen molar-refractivity contribution in [2.45, 2.75) is 24.2 Å². The highest BCUT2D eigenvalue weighted by Crippen LogP contribution is 2.31. The molecule has 21 heavy (non-hydrogen) atoms. The van der Waals surface area contributed by atoms with Crippen LogP contribution >= 0.6 is 0 Å². The summed E-state index contributed by atoms with van der Waals surface area (Å²) in [6, 6.07) is 17.3. The second-order valence-electron chi connectivity index (χ2n) is 5.52. The second-order valence-corrected chi connectivity index (χ2v) is 7.43. The smallest absolute Gasteiger partial charge is 0.207 e. The fraction of sp³-hybridized carbons (Fsp3) is 0.294. The average Bonchev–Trinajstić information content (AvgIpc) is 2.99. The number of aryl methyl sites for hydroxylation is 1. The van der Waals surface area contributed by atoms with E-state index in [1.807, 2.05) is 37.3 Å². The van der Waals surface area contributed by atoms with E-state index in [1.54, 1.807) is 16.4 Å². The van der Waals surface area contributed by atoms with Crippen molar-refractivity contribution >= 4 is 10.0 Å². The van der Waals surface area contributed by atoms with E-state index in [2.05, 4.69) is 12.1 Å². The summed E-state index contributed by atoms with van der Waals surface area (Å²) in [6.07, 6.45) is 0.884. The van der Waals surface area contributed by atoms with Gasteiger partial charge in [-0.3, -0.25) is 0 Å². The Kier molecular flexibility index (Phi) is 3.83. The van der Waals surface area contributed by atoms with Crippen LogP contribution in [0.15, 0.2) is 59.5 Å². The van der Waals surface area contributed by atoms with Crippen molar-refractivity contribution in [3.63, 3.8) is 0 Å². The maximum Gasteiger partial charge on any atom is 0.243 e. The van der Waals surface area contributed by atoms with E-state index in [-0.39, 0.29) is 0 Å². The second kappa shape index (κ2) is 5.62. The summed E-state index contributed by atoms with van der Waals surface area (Å²) in [7, 11) is -3.38. The van der Waals surface area contributed by atoms with Crippen molar-refractivity contribution in [1.82, 2.24) is 4.31 Å². The van der Waals surface area contributed by atoms with E-state index in [4.69, 9.17) is 0 Å². The molecule has 1 aliphatic rings. The largest absolute Gasteiger partial charge is 0.243 e. The van der Waals surface area contributed by atoms with Gasteiger partial charge in [-0.25, -0.2) is 8.42 Å². The SMILES string of the molecule is Cc1ccccc1S(=O)(=O)N1CCC(c2ccccc2)C1. The minimum atomic E-state index is -3.38. The van der Waals surface area contributed by atoms with Crippen LogP contribution in [-0.2, 0) is 10.0 Å². The first kappa shape index (κ1) is 14.3. The number of hydrogen-bond donors (Lipinski definition) is 0. The lowest BCUT2D eigenvalue weighted by molar-refractivity contribution is 0.472. The Hall–Kier alpha value is -1.65. The molecule has 1 aliphatic heterocycles. The Bertz CT molecular complexity index is 725. The topological polar surface area (TPSA) is 37.4 Å². The first-order valence-corrected chi connectivity index (χ1v) is 8.64. The summed E-state index contributed by atoms with van der Waals surface area (Å²) >= 11 is 0. The molecule has 0 spiro atoms. The van der Waals surface area contributed by atoms with Crippen LogP contribution in [0.5, 0.6) is 0 Å². The van der Waals surface area contributed by atoms with Crippen LogP contribution in [0.2, 0.25) is 0 Å². The number of hydrogen-bond acceptors (Lipinski definition) is 2. The summed E-state index contributed by atoms with van der Waals surface area (Å²) < 4.78 is 27.1. The summed E-state index contributed by atoms with van der Waals surface area (Å²) in [5, 5.41) is 0. The van der Waals surface area contributed by atoms with Gasteiger partial charge in [0.2, 0.25) is 10.0 Å². The Morgan fingerprint density at radius 3 is 2.38 bits per heavy atom. The molecule has 3 rings (SSSR count). The number of benzene rings is 2. The van der Waals surface area contributed by atoms with Crippen LogP contribution in [0, 0.1) is 6.92 Å². The zero-order valence-electron chi connectivity index (χ0n) is 12.1. The first-order chi connectivity index (χ1) is 10.1. The molecule has 1 heterocycles. The summed E-state index contributed by atoms with van der Waals surface area (Å²) in [5.41, 5.74) is 2.03. The van der Waals surface area contributed by atoms with Gasteiger partial charge in [0.1, 0.15) is 0 Å². The minimum absolute atomic E-state index is 0.296. The van der Waals surface area contributed by atoms with Crippen LogP contribution in [0.25, 0.3) is 0 Å². The van der Waals surface area contributed by atoms with Crippen molar-refractivity contribution in [3.05, 3.63) is 65.7 Å². The third kappa shape index (κ3) is 2.74. The normalized spacial score (nSPS) is 19.8. The Morgan fingerprint density at radius 2 is 1.67 bits per heavy atom. The number of nitrogens with zero attached hydrogens (tertiary/aromatic N) is 1. The number of sulfonamides is 1. The van der Waals surface area contributed by atoms with Gasteiger partial charge in [0, 0.05) is 13.1 Å². The predicted molar refractivity (Wildman–Crippen MR) is 83.7 cm³/mol. The van der Waals surface area contributed by atoms with Crippen LogP contribution < -0.4 is 0 Å². The molecule has 0 aromatic heterocycles. The summed E-state index contributed by atoms with van der Waals surface area (Å²) in [4.78, 5) is 0.429. The van der Waals surface area contributed by atoms with Gasteiger partial charge in [-0.2, -0.15) is 4.31 Å². The van der Waals surface area contributed by atoms with Crippen molar-refractivity contribution in [2.75, 3.05) is 13.1 Å². The summed E-state index contributed by atoms with van der Waals surface area (Å²) in [6.45, 7) is 3.01. The van der Waals surface area contributed by atoms with Gasteiger partial charge in [-0.1, -0.05) is 48.5 Å². The van der Waals surface area contributed by atoms with E-state index >= 15 is 0 Å². The predicted octanol–water partition coefficient (Wildman–Crippen LogP) is 3.17. The molecule has 0 bridgehead atoms. The van der Waals surface area contributed by atoms with Crippen molar-refractivity contribution < 1.29 is 8.42 Å². The fourth-order valence-corrected chi connectivity index (χ4v) is 4.65. The third-order valence-corrected chi connectivity index (χ3v) is 6.16. The molecule has 4 heteroatoms. The van der Waals surface area contributed by atoms with Crippen LogP contribution in [0.3, 0.4) is 0 Å². The van der Waals surface area contributed by atoms with Gasteiger partial charge in [0.05, 0.1) is 4.90 Å². The van der Waals surface area contributed by atoms with Gasteiger partial charge >= 0.3 is 0 Å². The van der Waals surface area contributed by atoms with E-state index in [0.29, 0.717) is 23.9 Å². The van der Waals surface area contributed by atoms with Crippen molar-refractivity contribution in [3.8, 4) is 0 Å². The van der Waals surface area contributed by atoms with Crippen LogP contribution in [0.1, 0.15) is 23.5 Å². The Labute approximate surface area is 126 Å². The minimum Gasteiger partial charge on any atom is -0.207 e. The molecule has 0 aliphatic carbocycles. The molecule has 1 fully saturated rings. The maximum absolute atomic E-state index is 12.8. The van der Waals surface area contributed by atoms with Crippen LogP contribution in [-0.4, -0.2) is 25.8 Å². The Morgan fingerprint density at radius 1 is 1.00 bits per heavy atom. The molecule has 0 amide bonds. The molecule has 0 radical (unpaired) electrons. The quantitative estimate of drug-likeness (QED) is 0.873. The summed E-state index contributed by atoms with van der Waals surface area (Å²) in [5.74, 6) is 0.296.